The first-order chi connectivity index (χ1) is 4.77. The third-order valence-corrected chi connectivity index (χ3v) is 1.18. The van der Waals surface area contributed by atoms with Gasteiger partial charge in [-0.05, 0) is 0 Å². The standard InChI is InChI=1S/C6H7O4/c1-2-4-5(3-7)10-6(8)9-4/h2-3H2,1H3. The number of hydrogen-bond donors (Lipinski definition) is 0. The quantitative estimate of drug-likeness (QED) is 0.612. The second kappa shape index (κ2) is 2.70. The van der Waals surface area contributed by atoms with Crippen LogP contribution < -0.4 is 5.82 Å². The summed E-state index contributed by atoms with van der Waals surface area (Å²) in [5.41, 5.74) is 0. The molecule has 10 heavy (non-hydrogen) atoms. The van der Waals surface area contributed by atoms with Crippen molar-refractivity contribution in [3.8, 4) is 0 Å². The summed E-state index contributed by atoms with van der Waals surface area (Å²) >= 11 is 0. The van der Waals surface area contributed by atoms with E-state index in [0.717, 1.165) is 0 Å². The minimum atomic E-state index is -0.789. The maximum atomic E-state index is 10.4. The number of hydrogen-bond acceptors (Lipinski definition) is 3. The SMILES string of the molecule is CCc1oc(=O)oc1C[O]. The fourth-order valence-corrected chi connectivity index (χ4v) is 0.715. The van der Waals surface area contributed by atoms with Gasteiger partial charge in [0, 0.05) is 6.42 Å². The van der Waals surface area contributed by atoms with Crippen molar-refractivity contribution in [3.63, 3.8) is 0 Å². The van der Waals surface area contributed by atoms with Gasteiger partial charge in [0.1, 0.15) is 6.61 Å². The van der Waals surface area contributed by atoms with E-state index in [1.165, 1.54) is 0 Å². The third-order valence-electron chi connectivity index (χ3n) is 1.18. The van der Waals surface area contributed by atoms with Crippen molar-refractivity contribution < 1.29 is 13.9 Å². The van der Waals surface area contributed by atoms with Gasteiger partial charge in [0.15, 0.2) is 11.5 Å². The van der Waals surface area contributed by atoms with Crippen LogP contribution in [0.25, 0.3) is 0 Å². The van der Waals surface area contributed by atoms with Gasteiger partial charge in [0.2, 0.25) is 0 Å². The zero-order valence-electron chi connectivity index (χ0n) is 5.55. The molecule has 0 aliphatic heterocycles. The topological polar surface area (TPSA) is 63.2 Å². The highest BCUT2D eigenvalue weighted by Crippen LogP contribution is 2.06. The molecule has 0 N–H and O–H groups in total. The minimum Gasteiger partial charge on any atom is -0.396 e. The predicted molar refractivity (Wildman–Crippen MR) is 31.0 cm³/mol. The lowest BCUT2D eigenvalue weighted by Crippen LogP contribution is -1.86. The summed E-state index contributed by atoms with van der Waals surface area (Å²) in [4.78, 5) is 10.4. The van der Waals surface area contributed by atoms with Crippen molar-refractivity contribution in [2.75, 3.05) is 0 Å². The average Bonchev–Trinajstić information content (AvgIpc) is 2.30. The Morgan fingerprint density at radius 3 is 2.30 bits per heavy atom. The zero-order chi connectivity index (χ0) is 7.56. The molecule has 0 saturated carbocycles. The molecule has 0 aliphatic rings. The van der Waals surface area contributed by atoms with Crippen LogP contribution in [-0.2, 0) is 18.1 Å². The van der Waals surface area contributed by atoms with E-state index >= 15 is 0 Å². The van der Waals surface area contributed by atoms with E-state index in [2.05, 4.69) is 8.83 Å². The summed E-state index contributed by atoms with van der Waals surface area (Å²) in [6, 6.07) is 0. The van der Waals surface area contributed by atoms with Crippen molar-refractivity contribution >= 4 is 0 Å². The Labute approximate surface area is 57.1 Å². The van der Waals surface area contributed by atoms with Crippen molar-refractivity contribution in [1.29, 1.82) is 0 Å². The number of rotatable bonds is 2. The summed E-state index contributed by atoms with van der Waals surface area (Å²) in [6.07, 6.45) is 0.517. The summed E-state index contributed by atoms with van der Waals surface area (Å²) in [5, 5.41) is 10.2. The van der Waals surface area contributed by atoms with Crippen LogP contribution in [-0.4, -0.2) is 0 Å². The fraction of sp³-hybridized carbons (Fsp3) is 0.500. The average molecular weight is 143 g/mol. The highest BCUT2D eigenvalue weighted by molar-refractivity contribution is 5.00. The molecule has 0 bridgehead atoms. The Balaban J connectivity index is 3.08. The summed E-state index contributed by atoms with van der Waals surface area (Å²) < 4.78 is 8.95. The molecule has 1 aromatic heterocycles. The van der Waals surface area contributed by atoms with E-state index in [9.17, 15) is 9.90 Å². The molecule has 0 aromatic carbocycles. The lowest BCUT2D eigenvalue weighted by atomic mass is 10.3. The molecule has 0 atom stereocenters. The summed E-state index contributed by atoms with van der Waals surface area (Å²) in [6.45, 7) is 1.25. The second-order valence-electron chi connectivity index (χ2n) is 1.80. The summed E-state index contributed by atoms with van der Waals surface area (Å²) in [7, 11) is 0. The first-order valence-corrected chi connectivity index (χ1v) is 2.97. The van der Waals surface area contributed by atoms with Gasteiger partial charge >= 0.3 is 5.82 Å². The molecule has 1 heterocycles. The molecule has 1 rings (SSSR count). The normalized spacial score (nSPS) is 10.2. The van der Waals surface area contributed by atoms with Gasteiger partial charge in [-0.2, -0.15) is 0 Å². The lowest BCUT2D eigenvalue weighted by molar-refractivity contribution is 0.152. The molecule has 0 spiro atoms. The molecule has 4 heteroatoms. The van der Waals surface area contributed by atoms with Crippen LogP contribution in [0.4, 0.5) is 0 Å². The number of aryl methyl sites for hydroxylation is 1. The van der Waals surface area contributed by atoms with Gasteiger partial charge in [-0.25, -0.2) is 9.90 Å². The van der Waals surface area contributed by atoms with Crippen molar-refractivity contribution in [2.45, 2.75) is 20.0 Å². The van der Waals surface area contributed by atoms with Gasteiger partial charge in [-0.3, -0.25) is 0 Å². The van der Waals surface area contributed by atoms with Crippen LogP contribution in [0.15, 0.2) is 13.6 Å². The van der Waals surface area contributed by atoms with Crippen molar-refractivity contribution in [1.82, 2.24) is 0 Å². The minimum absolute atomic E-state index is 0.118. The molecule has 55 valence electrons. The molecule has 0 amide bonds. The van der Waals surface area contributed by atoms with E-state index < -0.39 is 12.4 Å². The smallest absolute Gasteiger partial charge is 0.396 e. The molecule has 0 saturated heterocycles. The Morgan fingerprint density at radius 1 is 1.30 bits per heavy atom. The molecular formula is C6H7O4. The largest absolute Gasteiger partial charge is 0.519 e. The highest BCUT2D eigenvalue weighted by Gasteiger charge is 2.08. The molecule has 0 aliphatic carbocycles. The maximum Gasteiger partial charge on any atom is 0.519 e. The molecular weight excluding hydrogens is 136 g/mol. The highest BCUT2D eigenvalue weighted by atomic mass is 16.6. The van der Waals surface area contributed by atoms with E-state index in [0.29, 0.717) is 12.2 Å². The third kappa shape index (κ3) is 1.11. The van der Waals surface area contributed by atoms with Crippen molar-refractivity contribution in [2.24, 2.45) is 0 Å². The van der Waals surface area contributed by atoms with Crippen molar-refractivity contribution in [3.05, 3.63) is 22.1 Å². The molecule has 1 radical (unpaired) electrons. The van der Waals surface area contributed by atoms with Crippen LogP contribution in [0.1, 0.15) is 18.4 Å². The van der Waals surface area contributed by atoms with Gasteiger partial charge in [-0.1, -0.05) is 6.92 Å². The Morgan fingerprint density at radius 2 is 1.90 bits per heavy atom. The van der Waals surface area contributed by atoms with Gasteiger partial charge < -0.3 is 8.83 Å². The molecule has 1 aromatic rings. The van der Waals surface area contributed by atoms with E-state index in [1.54, 1.807) is 6.92 Å². The van der Waals surface area contributed by atoms with Crippen LogP contribution >= 0.6 is 0 Å². The van der Waals surface area contributed by atoms with Crippen LogP contribution in [0, 0.1) is 0 Å². The Kier molecular flexibility index (Phi) is 1.91. The second-order valence-corrected chi connectivity index (χ2v) is 1.80. The van der Waals surface area contributed by atoms with Crippen LogP contribution in [0.5, 0.6) is 0 Å². The molecule has 0 unspecified atom stereocenters. The monoisotopic (exact) mass is 143 g/mol. The van der Waals surface area contributed by atoms with Gasteiger partial charge in [0.25, 0.3) is 0 Å². The van der Waals surface area contributed by atoms with E-state index in [1.807, 2.05) is 0 Å². The fourth-order valence-electron chi connectivity index (χ4n) is 0.715. The maximum absolute atomic E-state index is 10.4. The zero-order valence-corrected chi connectivity index (χ0v) is 5.55. The van der Waals surface area contributed by atoms with Crippen LogP contribution in [0.2, 0.25) is 0 Å². The predicted octanol–water partition coefficient (Wildman–Crippen LogP) is 0.726. The lowest BCUT2D eigenvalue weighted by Gasteiger charge is -1.85. The first kappa shape index (κ1) is 7.08. The molecule has 4 nitrogen and oxygen atoms in total. The molecule has 0 fully saturated rings. The van der Waals surface area contributed by atoms with E-state index in [4.69, 9.17) is 0 Å². The first-order valence-electron chi connectivity index (χ1n) is 2.97. The summed E-state index contributed by atoms with van der Waals surface area (Å²) in [5.74, 6) is -0.310. The Hall–Kier alpha value is -1.03. The van der Waals surface area contributed by atoms with Gasteiger partial charge in [0.05, 0.1) is 0 Å². The Bertz CT molecular complexity index is 232. The van der Waals surface area contributed by atoms with Gasteiger partial charge in [-0.15, -0.1) is 0 Å². The van der Waals surface area contributed by atoms with E-state index in [-0.39, 0.29) is 5.76 Å². The van der Waals surface area contributed by atoms with Crippen LogP contribution in [0.3, 0.4) is 0 Å².